The van der Waals surface area contributed by atoms with Gasteiger partial charge in [-0.1, -0.05) is 30.3 Å². The molecule has 158 valence electrons. The number of piperidine rings is 1. The Kier molecular flexibility index (Phi) is 5.79. The van der Waals surface area contributed by atoms with Gasteiger partial charge in [-0.05, 0) is 25.8 Å². The van der Waals surface area contributed by atoms with E-state index in [9.17, 15) is 9.59 Å². The topological polar surface area (TPSA) is 68.3 Å². The summed E-state index contributed by atoms with van der Waals surface area (Å²) in [5.41, 5.74) is 1.04. The molecule has 0 aromatic heterocycles. The number of carbonyl (C=O) groups excluding carboxylic acids is 2. The highest BCUT2D eigenvalue weighted by atomic mass is 16.7. The van der Waals surface area contributed by atoms with Crippen LogP contribution in [-0.2, 0) is 25.5 Å². The predicted octanol–water partition coefficient (Wildman–Crippen LogP) is 2.93. The molecule has 0 bridgehead atoms. The van der Waals surface area contributed by atoms with Crippen LogP contribution in [0.1, 0.15) is 45.1 Å². The normalized spacial score (nSPS) is 28.5. The maximum absolute atomic E-state index is 13.4. The van der Waals surface area contributed by atoms with Crippen LogP contribution in [0.15, 0.2) is 30.3 Å². The lowest BCUT2D eigenvalue weighted by atomic mass is 9.87. The third kappa shape index (κ3) is 3.98. The minimum Gasteiger partial charge on any atom is -0.466 e. The molecular weight excluding hydrogens is 372 g/mol. The largest absolute Gasteiger partial charge is 0.466 e. The standard InChI is InChI=1S/C22H30N2O5/c1-3-27-20(25)12-18-19-14-22(28-10-7-11-29-22)13-16(2)24(19)21(26)23(18)15-17-8-5-4-6-9-17/h4-6,8-9,16,18-19H,3,7,10-15H2,1-2H3/t16-,18-,19-/m1/s1. The fraction of sp³-hybridized carbons (Fsp3) is 0.636. The Morgan fingerprint density at radius 3 is 2.62 bits per heavy atom. The average molecular weight is 402 g/mol. The Morgan fingerprint density at radius 1 is 1.21 bits per heavy atom. The van der Waals surface area contributed by atoms with Crippen molar-refractivity contribution in [1.29, 1.82) is 0 Å². The molecule has 1 aromatic rings. The van der Waals surface area contributed by atoms with Gasteiger partial charge >= 0.3 is 12.0 Å². The van der Waals surface area contributed by atoms with E-state index in [1.165, 1.54) is 0 Å². The van der Waals surface area contributed by atoms with Crippen LogP contribution in [0.4, 0.5) is 4.79 Å². The molecule has 0 radical (unpaired) electrons. The van der Waals surface area contributed by atoms with E-state index in [2.05, 4.69) is 0 Å². The fourth-order valence-corrected chi connectivity index (χ4v) is 4.98. The van der Waals surface area contributed by atoms with Crippen LogP contribution in [0.5, 0.6) is 0 Å². The van der Waals surface area contributed by atoms with E-state index in [1.807, 2.05) is 47.1 Å². The lowest BCUT2D eigenvalue weighted by molar-refractivity contribution is -0.293. The number of esters is 1. The third-order valence-corrected chi connectivity index (χ3v) is 6.17. The Bertz CT molecular complexity index is 734. The van der Waals surface area contributed by atoms with Crippen molar-refractivity contribution < 1.29 is 23.8 Å². The Hall–Kier alpha value is -2.12. The van der Waals surface area contributed by atoms with E-state index in [0.717, 1.165) is 12.0 Å². The molecule has 3 fully saturated rings. The molecule has 7 nitrogen and oxygen atoms in total. The Balaban J connectivity index is 1.62. The van der Waals surface area contributed by atoms with Crippen molar-refractivity contribution in [3.63, 3.8) is 0 Å². The van der Waals surface area contributed by atoms with Gasteiger partial charge < -0.3 is 24.0 Å². The number of urea groups is 1. The number of amides is 2. The highest BCUT2D eigenvalue weighted by molar-refractivity contribution is 5.80. The van der Waals surface area contributed by atoms with Crippen molar-refractivity contribution in [3.8, 4) is 0 Å². The molecule has 3 atom stereocenters. The van der Waals surface area contributed by atoms with Crippen LogP contribution < -0.4 is 0 Å². The molecule has 0 aliphatic carbocycles. The minimum atomic E-state index is -0.658. The van der Waals surface area contributed by atoms with Crippen molar-refractivity contribution in [2.45, 2.75) is 70.0 Å². The van der Waals surface area contributed by atoms with Crippen LogP contribution in [-0.4, -0.2) is 65.5 Å². The van der Waals surface area contributed by atoms with Crippen molar-refractivity contribution in [1.82, 2.24) is 9.80 Å². The average Bonchev–Trinajstić information content (AvgIpc) is 2.95. The summed E-state index contributed by atoms with van der Waals surface area (Å²) < 4.78 is 17.4. The molecular formula is C22H30N2O5. The molecule has 3 aliphatic heterocycles. The number of nitrogens with zero attached hydrogens (tertiary/aromatic N) is 2. The smallest absolute Gasteiger partial charge is 0.321 e. The molecule has 3 heterocycles. The van der Waals surface area contributed by atoms with Crippen LogP contribution in [0.25, 0.3) is 0 Å². The summed E-state index contributed by atoms with van der Waals surface area (Å²) in [4.78, 5) is 29.5. The van der Waals surface area contributed by atoms with Gasteiger partial charge in [0.15, 0.2) is 5.79 Å². The van der Waals surface area contributed by atoms with Crippen LogP contribution >= 0.6 is 0 Å². The number of benzene rings is 1. The van der Waals surface area contributed by atoms with E-state index >= 15 is 0 Å². The molecule has 3 aliphatic rings. The lowest BCUT2D eigenvalue weighted by Gasteiger charge is -2.48. The second-order valence-corrected chi connectivity index (χ2v) is 8.17. The number of rotatable bonds is 5. The second kappa shape index (κ2) is 8.32. The first kappa shape index (κ1) is 20.2. The SMILES string of the molecule is CCOC(=O)C[C@@H]1[C@H]2CC3(C[C@@H](C)N2C(=O)N1Cc1ccccc1)OCCCO3. The van der Waals surface area contributed by atoms with Gasteiger partial charge in [-0.15, -0.1) is 0 Å². The summed E-state index contributed by atoms with van der Waals surface area (Å²) in [5.74, 6) is -0.933. The van der Waals surface area contributed by atoms with Gasteiger partial charge in [-0.25, -0.2) is 4.79 Å². The van der Waals surface area contributed by atoms with E-state index < -0.39 is 5.79 Å². The Labute approximate surface area is 171 Å². The zero-order valence-electron chi connectivity index (χ0n) is 17.2. The van der Waals surface area contributed by atoms with Crippen LogP contribution in [0, 0.1) is 0 Å². The number of fused-ring (bicyclic) bond motifs is 1. The third-order valence-electron chi connectivity index (χ3n) is 6.17. The van der Waals surface area contributed by atoms with Crippen molar-refractivity contribution in [2.24, 2.45) is 0 Å². The number of hydrogen-bond donors (Lipinski definition) is 0. The van der Waals surface area contributed by atoms with Gasteiger partial charge in [0.1, 0.15) is 0 Å². The number of hydrogen-bond acceptors (Lipinski definition) is 5. The van der Waals surface area contributed by atoms with Crippen molar-refractivity contribution >= 4 is 12.0 Å². The first-order valence-corrected chi connectivity index (χ1v) is 10.6. The molecule has 0 unspecified atom stereocenters. The number of ether oxygens (including phenoxy) is 3. The molecule has 1 aromatic carbocycles. The molecule has 29 heavy (non-hydrogen) atoms. The first-order chi connectivity index (χ1) is 14.0. The van der Waals surface area contributed by atoms with Crippen LogP contribution in [0.2, 0.25) is 0 Å². The van der Waals surface area contributed by atoms with Crippen molar-refractivity contribution in [3.05, 3.63) is 35.9 Å². The molecule has 0 saturated carbocycles. The van der Waals surface area contributed by atoms with Crippen molar-refractivity contribution in [2.75, 3.05) is 19.8 Å². The van der Waals surface area contributed by atoms with E-state index in [-0.39, 0.29) is 36.5 Å². The van der Waals surface area contributed by atoms with Gasteiger partial charge in [-0.2, -0.15) is 0 Å². The van der Waals surface area contributed by atoms with E-state index in [1.54, 1.807) is 6.92 Å². The highest BCUT2D eigenvalue weighted by Gasteiger charge is 2.56. The van der Waals surface area contributed by atoms with Gasteiger partial charge in [0, 0.05) is 25.4 Å². The van der Waals surface area contributed by atoms with E-state index in [4.69, 9.17) is 14.2 Å². The monoisotopic (exact) mass is 402 g/mol. The maximum Gasteiger partial charge on any atom is 0.321 e. The predicted molar refractivity (Wildman–Crippen MR) is 106 cm³/mol. The van der Waals surface area contributed by atoms with Gasteiger partial charge in [0.2, 0.25) is 0 Å². The molecule has 0 N–H and O–H groups in total. The lowest BCUT2D eigenvalue weighted by Crippen LogP contribution is -2.58. The summed E-state index contributed by atoms with van der Waals surface area (Å²) in [6, 6.07) is 9.44. The van der Waals surface area contributed by atoms with E-state index in [0.29, 0.717) is 39.2 Å². The fourth-order valence-electron chi connectivity index (χ4n) is 4.98. The molecule has 3 saturated heterocycles. The second-order valence-electron chi connectivity index (χ2n) is 8.17. The molecule has 4 rings (SSSR count). The van der Waals surface area contributed by atoms with Gasteiger partial charge in [0.05, 0.1) is 38.3 Å². The van der Waals surface area contributed by atoms with Gasteiger partial charge in [0.25, 0.3) is 0 Å². The molecule has 1 spiro atoms. The van der Waals surface area contributed by atoms with Crippen LogP contribution in [0.3, 0.4) is 0 Å². The summed E-state index contributed by atoms with van der Waals surface area (Å²) in [5, 5.41) is 0. The Morgan fingerprint density at radius 2 is 1.93 bits per heavy atom. The minimum absolute atomic E-state index is 0.0219. The number of carbonyl (C=O) groups is 2. The van der Waals surface area contributed by atoms with Gasteiger partial charge in [-0.3, -0.25) is 4.79 Å². The molecule has 2 amide bonds. The zero-order chi connectivity index (χ0) is 20.4. The maximum atomic E-state index is 13.4. The summed E-state index contributed by atoms with van der Waals surface area (Å²) in [6.45, 7) is 5.98. The zero-order valence-corrected chi connectivity index (χ0v) is 17.2. The molecule has 7 heteroatoms. The highest BCUT2D eigenvalue weighted by Crippen LogP contribution is 2.43. The quantitative estimate of drug-likeness (QED) is 0.709. The summed E-state index contributed by atoms with van der Waals surface area (Å²) in [7, 11) is 0. The first-order valence-electron chi connectivity index (χ1n) is 10.6. The summed E-state index contributed by atoms with van der Waals surface area (Å²) in [6.07, 6.45) is 2.30. The summed E-state index contributed by atoms with van der Waals surface area (Å²) >= 11 is 0.